The van der Waals surface area contributed by atoms with Crippen molar-refractivity contribution in [1.82, 2.24) is 0 Å². The molecule has 2 aromatic rings. The van der Waals surface area contributed by atoms with E-state index in [2.05, 4.69) is 78.0 Å². The van der Waals surface area contributed by atoms with E-state index in [-0.39, 0.29) is 0 Å². The SMILES string of the molecule is CCCc1ccc2c(c1-c1cc(C(C)C)cc(C(C)C)c1)C=C(C)C2. The van der Waals surface area contributed by atoms with E-state index < -0.39 is 0 Å². The maximum absolute atomic E-state index is 2.44. The molecule has 132 valence electrons. The zero-order valence-corrected chi connectivity index (χ0v) is 16.7. The predicted molar refractivity (Wildman–Crippen MR) is 111 cm³/mol. The minimum absolute atomic E-state index is 0.557. The van der Waals surface area contributed by atoms with Crippen LogP contribution in [0.2, 0.25) is 0 Å². The monoisotopic (exact) mass is 332 g/mol. The van der Waals surface area contributed by atoms with Crippen LogP contribution in [-0.4, -0.2) is 0 Å². The maximum Gasteiger partial charge on any atom is -0.00604 e. The Morgan fingerprint density at radius 1 is 0.920 bits per heavy atom. The smallest absolute Gasteiger partial charge is 0.00604 e. The quantitative estimate of drug-likeness (QED) is 0.531. The van der Waals surface area contributed by atoms with Crippen molar-refractivity contribution in [1.29, 1.82) is 0 Å². The van der Waals surface area contributed by atoms with Crippen LogP contribution in [0.4, 0.5) is 0 Å². The molecule has 25 heavy (non-hydrogen) atoms. The van der Waals surface area contributed by atoms with Gasteiger partial charge in [0.15, 0.2) is 0 Å². The van der Waals surface area contributed by atoms with Gasteiger partial charge in [-0.2, -0.15) is 0 Å². The van der Waals surface area contributed by atoms with E-state index >= 15 is 0 Å². The zero-order valence-electron chi connectivity index (χ0n) is 16.7. The standard InChI is InChI=1S/C25H32/c1-7-8-19-9-10-20-11-18(6)12-24(20)25(19)23-14-21(16(2)3)13-22(15-23)17(4)5/h9-10,12-17H,7-8,11H2,1-6H3. The van der Waals surface area contributed by atoms with E-state index in [1.807, 2.05) is 0 Å². The molecule has 0 aromatic heterocycles. The summed E-state index contributed by atoms with van der Waals surface area (Å²) in [6.45, 7) is 13.7. The number of fused-ring (bicyclic) bond motifs is 1. The third-order valence-electron chi connectivity index (χ3n) is 5.40. The Morgan fingerprint density at radius 2 is 1.56 bits per heavy atom. The maximum atomic E-state index is 2.44. The lowest BCUT2D eigenvalue weighted by Crippen LogP contribution is -1.99. The van der Waals surface area contributed by atoms with Gasteiger partial charge in [-0.1, -0.05) is 83.0 Å². The number of hydrogen-bond donors (Lipinski definition) is 0. The van der Waals surface area contributed by atoms with Gasteiger partial charge >= 0.3 is 0 Å². The minimum atomic E-state index is 0.557. The molecule has 1 aliphatic carbocycles. The van der Waals surface area contributed by atoms with E-state index in [0.717, 1.165) is 12.8 Å². The van der Waals surface area contributed by atoms with Gasteiger partial charge in [0.05, 0.1) is 0 Å². The summed E-state index contributed by atoms with van der Waals surface area (Å²) >= 11 is 0. The highest BCUT2D eigenvalue weighted by molar-refractivity contribution is 5.83. The van der Waals surface area contributed by atoms with Crippen molar-refractivity contribution >= 4 is 6.08 Å². The second-order valence-corrected chi connectivity index (χ2v) is 8.29. The van der Waals surface area contributed by atoms with Crippen LogP contribution in [0.15, 0.2) is 35.9 Å². The lowest BCUT2D eigenvalue weighted by atomic mass is 9.86. The topological polar surface area (TPSA) is 0 Å². The summed E-state index contributed by atoms with van der Waals surface area (Å²) in [5.41, 5.74) is 11.8. The molecule has 0 fully saturated rings. The molecule has 2 aromatic carbocycles. The number of allylic oxidation sites excluding steroid dienone is 1. The first kappa shape index (κ1) is 18.0. The van der Waals surface area contributed by atoms with Crippen LogP contribution in [0.25, 0.3) is 17.2 Å². The molecule has 3 rings (SSSR count). The molecule has 1 aliphatic rings. The summed E-state index contributed by atoms with van der Waals surface area (Å²) in [6.07, 6.45) is 5.87. The Morgan fingerprint density at radius 3 is 2.12 bits per heavy atom. The summed E-state index contributed by atoms with van der Waals surface area (Å²) in [4.78, 5) is 0. The van der Waals surface area contributed by atoms with E-state index in [4.69, 9.17) is 0 Å². The van der Waals surface area contributed by atoms with Crippen LogP contribution >= 0.6 is 0 Å². The first-order chi connectivity index (χ1) is 11.9. The van der Waals surface area contributed by atoms with E-state index in [9.17, 15) is 0 Å². The highest BCUT2D eigenvalue weighted by atomic mass is 14.2. The number of rotatable bonds is 5. The van der Waals surface area contributed by atoms with Crippen molar-refractivity contribution in [2.24, 2.45) is 0 Å². The molecule has 0 unspecified atom stereocenters. The fourth-order valence-corrected chi connectivity index (χ4v) is 3.93. The van der Waals surface area contributed by atoms with E-state index in [1.54, 1.807) is 0 Å². The van der Waals surface area contributed by atoms with E-state index in [1.165, 1.54) is 50.9 Å². The van der Waals surface area contributed by atoms with Crippen molar-refractivity contribution in [2.75, 3.05) is 0 Å². The Bertz CT molecular complexity index is 777. The highest BCUT2D eigenvalue weighted by Gasteiger charge is 2.19. The van der Waals surface area contributed by atoms with Gasteiger partial charge in [-0.05, 0) is 70.5 Å². The summed E-state index contributed by atoms with van der Waals surface area (Å²) in [5.74, 6) is 1.11. The van der Waals surface area contributed by atoms with Gasteiger partial charge in [-0.15, -0.1) is 0 Å². The van der Waals surface area contributed by atoms with Gasteiger partial charge in [-0.3, -0.25) is 0 Å². The first-order valence-corrected chi connectivity index (χ1v) is 9.87. The molecule has 0 aliphatic heterocycles. The van der Waals surface area contributed by atoms with Gasteiger partial charge < -0.3 is 0 Å². The van der Waals surface area contributed by atoms with Crippen molar-refractivity contribution in [2.45, 2.75) is 72.6 Å². The second kappa shape index (κ2) is 7.20. The molecule has 0 spiro atoms. The lowest BCUT2D eigenvalue weighted by molar-refractivity contribution is 0.834. The number of aryl methyl sites for hydroxylation is 1. The molecule has 0 atom stereocenters. The van der Waals surface area contributed by atoms with Crippen LogP contribution in [0.3, 0.4) is 0 Å². The number of hydrogen-bond acceptors (Lipinski definition) is 0. The molecule has 0 amide bonds. The Hall–Kier alpha value is -1.82. The van der Waals surface area contributed by atoms with Gasteiger partial charge in [0, 0.05) is 0 Å². The van der Waals surface area contributed by atoms with Gasteiger partial charge in [0.1, 0.15) is 0 Å². The summed E-state index contributed by atoms with van der Waals surface area (Å²) in [5, 5.41) is 0. The molecular weight excluding hydrogens is 300 g/mol. The molecule has 0 radical (unpaired) electrons. The van der Waals surface area contributed by atoms with Crippen LogP contribution in [0.1, 0.15) is 87.6 Å². The molecule has 0 heterocycles. The Balaban J connectivity index is 2.27. The van der Waals surface area contributed by atoms with Crippen molar-refractivity contribution in [3.63, 3.8) is 0 Å². The second-order valence-electron chi connectivity index (χ2n) is 8.29. The predicted octanol–water partition coefficient (Wildman–Crippen LogP) is 7.51. The molecule has 0 nitrogen and oxygen atoms in total. The Kier molecular flexibility index (Phi) is 5.18. The molecule has 0 bridgehead atoms. The van der Waals surface area contributed by atoms with Gasteiger partial charge in [0.2, 0.25) is 0 Å². The average molecular weight is 333 g/mol. The number of benzene rings is 2. The largest absolute Gasteiger partial charge is 0.0683 e. The zero-order chi connectivity index (χ0) is 18.1. The van der Waals surface area contributed by atoms with Gasteiger partial charge in [-0.25, -0.2) is 0 Å². The molecule has 0 saturated heterocycles. The third kappa shape index (κ3) is 3.59. The normalized spacial score (nSPS) is 13.5. The molecular formula is C25H32. The highest BCUT2D eigenvalue weighted by Crippen LogP contribution is 2.39. The van der Waals surface area contributed by atoms with Crippen molar-refractivity contribution in [3.8, 4) is 11.1 Å². The third-order valence-corrected chi connectivity index (χ3v) is 5.40. The fraction of sp³-hybridized carbons (Fsp3) is 0.440. The van der Waals surface area contributed by atoms with Crippen LogP contribution < -0.4 is 0 Å². The van der Waals surface area contributed by atoms with Crippen molar-refractivity contribution < 1.29 is 0 Å². The molecule has 0 heteroatoms. The van der Waals surface area contributed by atoms with Crippen LogP contribution in [-0.2, 0) is 12.8 Å². The molecule has 0 saturated carbocycles. The lowest BCUT2D eigenvalue weighted by Gasteiger charge is -2.19. The Labute approximate surface area is 154 Å². The van der Waals surface area contributed by atoms with Crippen LogP contribution in [0, 0.1) is 0 Å². The van der Waals surface area contributed by atoms with E-state index in [0.29, 0.717) is 11.8 Å². The minimum Gasteiger partial charge on any atom is -0.0683 e. The summed E-state index contributed by atoms with van der Waals surface area (Å²) in [6, 6.07) is 12.0. The average Bonchev–Trinajstić information content (AvgIpc) is 2.94. The molecule has 0 N–H and O–H groups in total. The van der Waals surface area contributed by atoms with Crippen LogP contribution in [0.5, 0.6) is 0 Å². The summed E-state index contributed by atoms with van der Waals surface area (Å²) in [7, 11) is 0. The first-order valence-electron chi connectivity index (χ1n) is 9.87. The fourth-order valence-electron chi connectivity index (χ4n) is 3.93. The van der Waals surface area contributed by atoms with Gasteiger partial charge in [0.25, 0.3) is 0 Å². The summed E-state index contributed by atoms with van der Waals surface area (Å²) < 4.78 is 0. The van der Waals surface area contributed by atoms with Crippen molar-refractivity contribution in [3.05, 3.63) is 63.7 Å².